The predicted molar refractivity (Wildman–Crippen MR) is 281 cm³/mol. The normalized spacial score (nSPS) is 16.3. The molecule has 1 unspecified atom stereocenters. The van der Waals surface area contributed by atoms with Gasteiger partial charge in [0.15, 0.2) is 0 Å². The van der Waals surface area contributed by atoms with Crippen LogP contribution in [0.3, 0.4) is 0 Å². The number of benzene rings is 6. The average molecular weight is 872 g/mol. The van der Waals surface area contributed by atoms with Crippen LogP contribution in [-0.4, -0.2) is 14.2 Å². The van der Waals surface area contributed by atoms with Gasteiger partial charge in [0.25, 0.3) is 0 Å². The fourth-order valence-electron chi connectivity index (χ4n) is 8.31. The molecule has 5 nitrogen and oxygen atoms in total. The third-order valence-electron chi connectivity index (χ3n) is 11.8. The Morgan fingerprint density at radius 3 is 1.55 bits per heavy atom. The second kappa shape index (κ2) is 21.5. The standard InChI is InChI=1S/C62H53N3O2/c1-66-61-44-40-59(41-45-61)64(53-15-7-3-4-8-16-53)57-36-29-49(30-37-57)23-22-48-14-13-21-55(33-26-48)63(52-17-9-5-10-18-52)56-34-27-50(28-35-56)24-25-51-31-38-58(39-32-51)65(54-19-11-6-12-20-54)60-42-46-62(67-2)47-43-60/h3-7,9-12,15-27,29-48,50H,8,28H2,1-2H3/b23-22+,25-24+/t48?,50-/m1/s1. The molecule has 3 aliphatic rings. The van der Waals surface area contributed by atoms with E-state index >= 15 is 0 Å². The van der Waals surface area contributed by atoms with E-state index in [4.69, 9.17) is 9.47 Å². The highest BCUT2D eigenvalue weighted by Gasteiger charge is 2.19. The van der Waals surface area contributed by atoms with Crippen molar-refractivity contribution < 1.29 is 9.47 Å². The number of hydrogen-bond acceptors (Lipinski definition) is 5. The summed E-state index contributed by atoms with van der Waals surface area (Å²) in [6.45, 7) is 0. The van der Waals surface area contributed by atoms with E-state index < -0.39 is 0 Å². The molecule has 0 radical (unpaired) electrons. The maximum Gasteiger partial charge on any atom is 0.119 e. The van der Waals surface area contributed by atoms with Crippen molar-refractivity contribution >= 4 is 46.3 Å². The van der Waals surface area contributed by atoms with Crippen LogP contribution < -0.4 is 24.2 Å². The highest BCUT2D eigenvalue weighted by atomic mass is 16.5. The number of anilines is 6. The first-order valence-electron chi connectivity index (χ1n) is 22.8. The van der Waals surface area contributed by atoms with Crippen LogP contribution in [0.15, 0.2) is 254 Å². The van der Waals surface area contributed by atoms with Gasteiger partial charge in [-0.15, -0.1) is 0 Å². The molecule has 0 bridgehead atoms. The summed E-state index contributed by atoms with van der Waals surface area (Å²) in [5.41, 5.74) is 12.0. The molecule has 0 aromatic heterocycles. The first-order valence-corrected chi connectivity index (χ1v) is 22.8. The number of methoxy groups -OCH3 is 2. The average Bonchev–Trinajstić information content (AvgIpc) is 3.81. The van der Waals surface area contributed by atoms with Crippen molar-refractivity contribution in [3.05, 3.63) is 265 Å². The quantitative estimate of drug-likeness (QED) is 0.0959. The molecule has 0 N–H and O–H groups in total. The van der Waals surface area contributed by atoms with Crippen LogP contribution in [0.1, 0.15) is 24.0 Å². The van der Waals surface area contributed by atoms with E-state index in [0.29, 0.717) is 0 Å². The highest BCUT2D eigenvalue weighted by molar-refractivity contribution is 5.78. The second-order valence-electron chi connectivity index (χ2n) is 16.3. The highest BCUT2D eigenvalue weighted by Crippen LogP contribution is 2.37. The number of allylic oxidation sites excluding steroid dienone is 13. The van der Waals surface area contributed by atoms with Gasteiger partial charge >= 0.3 is 0 Å². The first-order chi connectivity index (χ1) is 33.1. The smallest absolute Gasteiger partial charge is 0.119 e. The molecule has 5 heteroatoms. The molecule has 6 aromatic rings. The Balaban J connectivity index is 0.864. The minimum Gasteiger partial charge on any atom is -0.497 e. The van der Waals surface area contributed by atoms with E-state index in [2.05, 4.69) is 239 Å². The lowest BCUT2D eigenvalue weighted by molar-refractivity contribution is 0.414. The summed E-state index contributed by atoms with van der Waals surface area (Å²) in [6, 6.07) is 54.8. The Hall–Kier alpha value is -8.46. The minimum absolute atomic E-state index is 0.0426. The molecular weight excluding hydrogens is 819 g/mol. The minimum atomic E-state index is -0.0426. The Kier molecular flexibility index (Phi) is 14.0. The van der Waals surface area contributed by atoms with Crippen LogP contribution in [0, 0.1) is 23.7 Å². The lowest BCUT2D eigenvalue weighted by Crippen LogP contribution is -2.21. The van der Waals surface area contributed by atoms with E-state index in [0.717, 1.165) is 86.7 Å². The molecule has 0 spiro atoms. The molecule has 0 heterocycles. The number of ether oxygens (including phenoxy) is 2. The van der Waals surface area contributed by atoms with Gasteiger partial charge < -0.3 is 24.2 Å². The van der Waals surface area contributed by atoms with Gasteiger partial charge in [-0.1, -0.05) is 139 Å². The van der Waals surface area contributed by atoms with Gasteiger partial charge in [0.2, 0.25) is 0 Å². The zero-order chi connectivity index (χ0) is 45.6. The van der Waals surface area contributed by atoms with Gasteiger partial charge in [-0.2, -0.15) is 0 Å². The van der Waals surface area contributed by atoms with E-state index in [-0.39, 0.29) is 11.8 Å². The van der Waals surface area contributed by atoms with Crippen LogP contribution in [0.4, 0.5) is 34.1 Å². The monoisotopic (exact) mass is 871 g/mol. The van der Waals surface area contributed by atoms with E-state index in [9.17, 15) is 0 Å². The largest absolute Gasteiger partial charge is 0.497 e. The van der Waals surface area contributed by atoms with Gasteiger partial charge in [-0.05, 0) is 145 Å². The Bertz CT molecular complexity index is 2960. The maximum absolute atomic E-state index is 5.44. The van der Waals surface area contributed by atoms with E-state index in [1.165, 1.54) is 0 Å². The fraction of sp³-hybridized carbons (Fsp3) is 0.0968. The summed E-state index contributed by atoms with van der Waals surface area (Å²) >= 11 is 0. The summed E-state index contributed by atoms with van der Waals surface area (Å²) in [4.78, 5) is 6.84. The summed E-state index contributed by atoms with van der Waals surface area (Å²) in [7, 11) is 3.39. The summed E-state index contributed by atoms with van der Waals surface area (Å²) in [5, 5.41) is 0. The first kappa shape index (κ1) is 43.8. The Morgan fingerprint density at radius 1 is 0.478 bits per heavy atom. The van der Waals surface area contributed by atoms with Gasteiger partial charge in [0, 0.05) is 51.6 Å². The zero-order valence-electron chi connectivity index (χ0n) is 37.9. The number of rotatable bonds is 15. The van der Waals surface area contributed by atoms with Crippen molar-refractivity contribution in [2.75, 3.05) is 28.9 Å². The summed E-state index contributed by atoms with van der Waals surface area (Å²) in [5.74, 6) is 8.73. The van der Waals surface area contributed by atoms with Gasteiger partial charge in [-0.25, -0.2) is 0 Å². The molecule has 0 fully saturated rings. The molecule has 67 heavy (non-hydrogen) atoms. The molecule has 0 saturated carbocycles. The van der Waals surface area contributed by atoms with Crippen LogP contribution in [-0.2, 0) is 0 Å². The molecule has 0 aliphatic heterocycles. The van der Waals surface area contributed by atoms with Crippen molar-refractivity contribution in [1.82, 2.24) is 0 Å². The third-order valence-corrected chi connectivity index (χ3v) is 11.8. The molecule has 9 rings (SSSR count). The predicted octanol–water partition coefficient (Wildman–Crippen LogP) is 15.5. The third kappa shape index (κ3) is 10.9. The van der Waals surface area contributed by atoms with Crippen molar-refractivity contribution in [1.29, 1.82) is 0 Å². The van der Waals surface area contributed by atoms with Crippen LogP contribution in [0.25, 0.3) is 12.2 Å². The summed E-state index contributed by atoms with van der Waals surface area (Å²) < 4.78 is 10.9. The Labute approximate surface area is 395 Å². The maximum atomic E-state index is 5.44. The van der Waals surface area contributed by atoms with E-state index in [1.54, 1.807) is 14.2 Å². The van der Waals surface area contributed by atoms with Crippen molar-refractivity contribution in [2.45, 2.75) is 12.8 Å². The van der Waals surface area contributed by atoms with Crippen molar-refractivity contribution in [3.8, 4) is 23.3 Å². The molecule has 0 amide bonds. The van der Waals surface area contributed by atoms with Crippen LogP contribution in [0.2, 0.25) is 0 Å². The lowest BCUT2D eigenvalue weighted by atomic mass is 9.97. The van der Waals surface area contributed by atoms with E-state index in [1.807, 2.05) is 36.4 Å². The van der Waals surface area contributed by atoms with Crippen LogP contribution >= 0.6 is 0 Å². The van der Waals surface area contributed by atoms with Crippen molar-refractivity contribution in [2.24, 2.45) is 11.8 Å². The SMILES string of the molecule is COc1ccc(N(C2=CCC=CC=C2)c2ccc(/C=C/C3C#CC=C(N(C4=CC[C@H](/C=C/c5ccc(N(c6ccccc6)c6ccc(OC)cc6)cc5)C=C4)c4ccccc4)C=C3)cc2)cc1. The topological polar surface area (TPSA) is 28.2 Å². The molecular formula is C62H53N3O2. The summed E-state index contributed by atoms with van der Waals surface area (Å²) in [6.07, 6.45) is 34.7. The van der Waals surface area contributed by atoms with Crippen LogP contribution in [0.5, 0.6) is 11.5 Å². The Morgan fingerprint density at radius 2 is 0.985 bits per heavy atom. The van der Waals surface area contributed by atoms with Gasteiger partial charge in [0.05, 0.1) is 25.8 Å². The van der Waals surface area contributed by atoms with Crippen molar-refractivity contribution in [3.63, 3.8) is 0 Å². The fourth-order valence-corrected chi connectivity index (χ4v) is 8.31. The number of nitrogens with zero attached hydrogens (tertiary/aromatic N) is 3. The molecule has 6 aromatic carbocycles. The lowest BCUT2D eigenvalue weighted by Gasteiger charge is -2.29. The van der Waals surface area contributed by atoms with Gasteiger partial charge in [0.1, 0.15) is 11.5 Å². The second-order valence-corrected chi connectivity index (χ2v) is 16.3. The molecule has 328 valence electrons. The zero-order valence-corrected chi connectivity index (χ0v) is 37.9. The molecule has 0 saturated heterocycles. The number of hydrogen-bond donors (Lipinski definition) is 0. The number of para-hydroxylation sites is 2. The van der Waals surface area contributed by atoms with Gasteiger partial charge in [-0.3, -0.25) is 0 Å². The molecule has 2 atom stereocenters. The molecule has 3 aliphatic carbocycles.